The molecule has 5 heteroatoms. The van der Waals surface area contributed by atoms with Gasteiger partial charge in [0.2, 0.25) is 0 Å². The summed E-state index contributed by atoms with van der Waals surface area (Å²) in [4.78, 5) is 17.8. The minimum absolute atomic E-state index is 0.0769. The number of hydrogen-bond acceptors (Lipinski definition) is 3. The Morgan fingerprint density at radius 1 is 0.972 bits per heavy atom. The van der Waals surface area contributed by atoms with Crippen molar-refractivity contribution in [2.45, 2.75) is 65.5 Å². The summed E-state index contributed by atoms with van der Waals surface area (Å²) < 4.78 is 8.23. The van der Waals surface area contributed by atoms with E-state index < -0.39 is 0 Å². The number of ether oxygens (including phenoxy) is 1. The highest BCUT2D eigenvalue weighted by Crippen LogP contribution is 2.23. The van der Waals surface area contributed by atoms with Crippen molar-refractivity contribution in [3.05, 3.63) is 95.3 Å². The zero-order valence-electron chi connectivity index (χ0n) is 21.8. The molecule has 1 amide bonds. The number of imidazole rings is 1. The number of unbranched alkanes of at least 4 members (excludes halogenated alkanes) is 1. The molecule has 0 aliphatic rings. The molecule has 0 bridgehead atoms. The summed E-state index contributed by atoms with van der Waals surface area (Å²) in [6, 6.07) is 24.1. The number of amides is 1. The molecule has 188 valence electrons. The summed E-state index contributed by atoms with van der Waals surface area (Å²) in [6.45, 7) is 9.90. The predicted molar refractivity (Wildman–Crippen MR) is 147 cm³/mol. The highest BCUT2D eigenvalue weighted by Gasteiger charge is 2.19. The van der Waals surface area contributed by atoms with Crippen LogP contribution in [0.3, 0.4) is 0 Å². The molecular formula is C31H37N3O2. The van der Waals surface area contributed by atoms with E-state index >= 15 is 0 Å². The Morgan fingerprint density at radius 3 is 2.44 bits per heavy atom. The zero-order valence-corrected chi connectivity index (χ0v) is 21.8. The maximum atomic E-state index is 12.9. The average molecular weight is 484 g/mol. The Kier molecular flexibility index (Phi) is 8.42. The standard InChI is InChI=1S/C31H37N3O2/c1-5-22(2)25-16-18-26(19-17-25)36-21-11-10-20-34-29-15-9-8-14-28(29)33-30(34)24(4)32-31(35)27-13-7-6-12-23(27)3/h6-9,12-19,22,24H,5,10-11,20-21H2,1-4H3,(H,32,35). The van der Waals surface area contributed by atoms with E-state index in [1.807, 2.05) is 56.3 Å². The van der Waals surface area contributed by atoms with Gasteiger partial charge in [-0.15, -0.1) is 0 Å². The molecule has 36 heavy (non-hydrogen) atoms. The van der Waals surface area contributed by atoms with Crippen LogP contribution in [0.1, 0.15) is 79.3 Å². The molecule has 0 aliphatic carbocycles. The van der Waals surface area contributed by atoms with Crippen molar-refractivity contribution < 1.29 is 9.53 Å². The minimum atomic E-state index is -0.218. The van der Waals surface area contributed by atoms with Gasteiger partial charge >= 0.3 is 0 Å². The number of aryl methyl sites for hydroxylation is 2. The number of carbonyl (C=O) groups is 1. The molecule has 0 saturated carbocycles. The Bertz CT molecular complexity index is 1290. The van der Waals surface area contributed by atoms with E-state index in [4.69, 9.17) is 9.72 Å². The normalized spacial score (nSPS) is 12.9. The van der Waals surface area contributed by atoms with Crippen molar-refractivity contribution in [2.24, 2.45) is 0 Å². The highest BCUT2D eigenvalue weighted by atomic mass is 16.5. The van der Waals surface area contributed by atoms with Crippen molar-refractivity contribution in [3.63, 3.8) is 0 Å². The van der Waals surface area contributed by atoms with Crippen LogP contribution >= 0.6 is 0 Å². The summed E-state index contributed by atoms with van der Waals surface area (Å²) >= 11 is 0. The molecule has 4 aromatic rings. The molecule has 1 heterocycles. The van der Waals surface area contributed by atoms with Crippen molar-refractivity contribution in [3.8, 4) is 5.75 Å². The van der Waals surface area contributed by atoms with E-state index in [9.17, 15) is 4.79 Å². The van der Waals surface area contributed by atoms with Crippen LogP contribution in [0.4, 0.5) is 0 Å². The number of aromatic nitrogens is 2. The molecule has 2 unspecified atom stereocenters. The number of nitrogens with one attached hydrogen (secondary N) is 1. The molecule has 2 atom stereocenters. The molecule has 0 aliphatic heterocycles. The molecule has 0 fully saturated rings. The van der Waals surface area contributed by atoms with Gasteiger partial charge in [-0.05, 0) is 80.5 Å². The van der Waals surface area contributed by atoms with Crippen molar-refractivity contribution >= 4 is 16.9 Å². The van der Waals surface area contributed by atoms with Crippen molar-refractivity contribution in [1.82, 2.24) is 14.9 Å². The van der Waals surface area contributed by atoms with Crippen molar-refractivity contribution in [1.29, 1.82) is 0 Å². The topological polar surface area (TPSA) is 56.1 Å². The third-order valence-corrected chi connectivity index (χ3v) is 6.91. The zero-order chi connectivity index (χ0) is 25.5. The first-order valence-electron chi connectivity index (χ1n) is 13.0. The van der Waals surface area contributed by atoms with Crippen LogP contribution in [-0.4, -0.2) is 22.1 Å². The maximum Gasteiger partial charge on any atom is 0.252 e. The molecule has 0 saturated heterocycles. The van der Waals surface area contributed by atoms with Gasteiger partial charge in [0.25, 0.3) is 5.91 Å². The van der Waals surface area contributed by atoms with Crippen LogP contribution in [0.15, 0.2) is 72.8 Å². The fraction of sp³-hybridized carbons (Fsp3) is 0.355. The van der Waals surface area contributed by atoms with Crippen LogP contribution < -0.4 is 10.1 Å². The smallest absolute Gasteiger partial charge is 0.252 e. The van der Waals surface area contributed by atoms with Gasteiger partial charge in [0.1, 0.15) is 11.6 Å². The lowest BCUT2D eigenvalue weighted by Crippen LogP contribution is -2.29. The van der Waals surface area contributed by atoms with Gasteiger partial charge in [-0.25, -0.2) is 4.98 Å². The number of nitrogens with zero attached hydrogens (tertiary/aromatic N) is 2. The van der Waals surface area contributed by atoms with Gasteiger partial charge in [-0.3, -0.25) is 4.79 Å². The molecule has 4 rings (SSSR count). The first kappa shape index (κ1) is 25.5. The van der Waals surface area contributed by atoms with Gasteiger partial charge in [0.15, 0.2) is 0 Å². The molecule has 0 radical (unpaired) electrons. The first-order chi connectivity index (χ1) is 17.5. The van der Waals surface area contributed by atoms with Gasteiger partial charge in [0, 0.05) is 12.1 Å². The van der Waals surface area contributed by atoms with Crippen molar-refractivity contribution in [2.75, 3.05) is 6.61 Å². The maximum absolute atomic E-state index is 12.9. The van der Waals surface area contributed by atoms with E-state index in [0.717, 1.165) is 54.0 Å². The predicted octanol–water partition coefficient (Wildman–Crippen LogP) is 7.21. The quantitative estimate of drug-likeness (QED) is 0.229. The molecule has 0 spiro atoms. The SMILES string of the molecule is CCC(C)c1ccc(OCCCCn2c(C(C)NC(=O)c3ccccc3C)nc3ccccc32)cc1. The van der Waals surface area contributed by atoms with E-state index in [-0.39, 0.29) is 11.9 Å². The molecule has 5 nitrogen and oxygen atoms in total. The highest BCUT2D eigenvalue weighted by molar-refractivity contribution is 5.95. The second kappa shape index (κ2) is 11.9. The molecule has 1 N–H and O–H groups in total. The second-order valence-electron chi connectivity index (χ2n) is 9.55. The molecule has 3 aromatic carbocycles. The largest absolute Gasteiger partial charge is 0.494 e. The number of benzene rings is 3. The third-order valence-electron chi connectivity index (χ3n) is 6.91. The lowest BCUT2D eigenvalue weighted by Gasteiger charge is -2.17. The molecular weight excluding hydrogens is 446 g/mol. The van der Waals surface area contributed by atoms with Gasteiger partial charge < -0.3 is 14.6 Å². The number of hydrogen-bond donors (Lipinski definition) is 1. The van der Waals surface area contributed by atoms with Crippen LogP contribution in [0.2, 0.25) is 0 Å². The van der Waals surface area contributed by atoms with E-state index in [1.165, 1.54) is 5.56 Å². The van der Waals surface area contributed by atoms with E-state index in [0.29, 0.717) is 18.1 Å². The Labute approximate surface area is 214 Å². The summed E-state index contributed by atoms with van der Waals surface area (Å²) in [5.74, 6) is 2.29. The van der Waals surface area contributed by atoms with Crippen LogP contribution in [0.5, 0.6) is 5.75 Å². The van der Waals surface area contributed by atoms with Crippen LogP contribution in [-0.2, 0) is 6.54 Å². The second-order valence-corrected chi connectivity index (χ2v) is 9.55. The minimum Gasteiger partial charge on any atom is -0.494 e. The summed E-state index contributed by atoms with van der Waals surface area (Å²) in [7, 11) is 0. The summed E-state index contributed by atoms with van der Waals surface area (Å²) in [5, 5.41) is 3.15. The fourth-order valence-electron chi connectivity index (χ4n) is 4.52. The van der Waals surface area contributed by atoms with E-state index in [1.54, 1.807) is 0 Å². The fourth-order valence-corrected chi connectivity index (χ4v) is 4.52. The lowest BCUT2D eigenvalue weighted by molar-refractivity contribution is 0.0937. The van der Waals surface area contributed by atoms with Gasteiger partial charge in [-0.2, -0.15) is 0 Å². The number of carbonyl (C=O) groups excluding carboxylic acids is 1. The summed E-state index contributed by atoms with van der Waals surface area (Å²) in [6.07, 6.45) is 3.03. The average Bonchev–Trinajstić information content (AvgIpc) is 3.27. The Hall–Kier alpha value is -3.60. The monoisotopic (exact) mass is 483 g/mol. The van der Waals surface area contributed by atoms with Crippen LogP contribution in [0, 0.1) is 6.92 Å². The van der Waals surface area contributed by atoms with Gasteiger partial charge in [0.05, 0.1) is 23.7 Å². The molecule has 1 aromatic heterocycles. The van der Waals surface area contributed by atoms with Gasteiger partial charge in [-0.1, -0.05) is 56.3 Å². The summed E-state index contributed by atoms with van der Waals surface area (Å²) in [5.41, 5.74) is 5.05. The first-order valence-corrected chi connectivity index (χ1v) is 13.0. The lowest BCUT2D eigenvalue weighted by atomic mass is 9.99. The number of para-hydroxylation sites is 2. The third kappa shape index (κ3) is 5.96. The Balaban J connectivity index is 1.38. The van der Waals surface area contributed by atoms with E-state index in [2.05, 4.69) is 54.1 Å². The number of rotatable bonds is 11. The van der Waals surface area contributed by atoms with Crippen LogP contribution in [0.25, 0.3) is 11.0 Å². The Morgan fingerprint density at radius 2 is 1.69 bits per heavy atom. The number of fused-ring (bicyclic) bond motifs is 1.